The van der Waals surface area contributed by atoms with Gasteiger partial charge >= 0.3 is 0 Å². The molecule has 36 heavy (non-hydrogen) atoms. The standard InChI is InChI=1S/C24H27N7O4S/c1-16-10-21(22(13-26-16)35-15-20-14-30(8-9-34-20)36(3,32)33)18-5-7-31-19(11-18)12-24(29-31)28-23-4-6-25-17(2)27-23/h4-7,10-13,20H,8-9,14-15H2,1-3H3,(H,25,27,28,29). The van der Waals surface area contributed by atoms with Gasteiger partial charge in [0.15, 0.2) is 5.82 Å². The topological polar surface area (TPSA) is 124 Å². The van der Waals surface area contributed by atoms with Gasteiger partial charge in [0.2, 0.25) is 10.0 Å². The summed E-state index contributed by atoms with van der Waals surface area (Å²) in [6.07, 6.45) is 6.12. The summed E-state index contributed by atoms with van der Waals surface area (Å²) >= 11 is 0. The molecule has 11 nitrogen and oxygen atoms in total. The molecule has 0 amide bonds. The minimum absolute atomic E-state index is 0.213. The van der Waals surface area contributed by atoms with E-state index in [1.807, 2.05) is 44.3 Å². The quantitative estimate of drug-likeness (QED) is 0.400. The molecule has 12 heteroatoms. The number of aromatic nitrogens is 5. The number of nitrogens with one attached hydrogen (secondary N) is 1. The van der Waals surface area contributed by atoms with Crippen LogP contribution in [0, 0.1) is 13.8 Å². The first-order valence-corrected chi connectivity index (χ1v) is 13.3. The lowest BCUT2D eigenvalue weighted by Gasteiger charge is -2.31. The maximum atomic E-state index is 11.9. The van der Waals surface area contributed by atoms with E-state index in [0.717, 1.165) is 22.3 Å². The summed E-state index contributed by atoms with van der Waals surface area (Å²) in [6, 6.07) is 9.67. The van der Waals surface area contributed by atoms with Gasteiger partial charge in [-0.25, -0.2) is 22.9 Å². The molecule has 0 spiro atoms. The van der Waals surface area contributed by atoms with E-state index in [4.69, 9.17) is 9.47 Å². The van der Waals surface area contributed by atoms with Crippen molar-refractivity contribution in [3.8, 4) is 16.9 Å². The van der Waals surface area contributed by atoms with Crippen LogP contribution in [-0.2, 0) is 14.8 Å². The molecule has 5 rings (SSSR count). The number of morpholine rings is 1. The Balaban J connectivity index is 1.36. The van der Waals surface area contributed by atoms with Gasteiger partial charge < -0.3 is 14.8 Å². The maximum Gasteiger partial charge on any atom is 0.211 e. The molecule has 1 unspecified atom stereocenters. The van der Waals surface area contributed by atoms with Crippen molar-refractivity contribution in [1.82, 2.24) is 28.9 Å². The summed E-state index contributed by atoms with van der Waals surface area (Å²) in [5, 5.41) is 7.77. The molecule has 1 atom stereocenters. The number of pyridine rings is 2. The fraction of sp³-hybridized carbons (Fsp3) is 0.333. The number of anilines is 2. The second-order valence-corrected chi connectivity index (χ2v) is 10.7. The molecule has 0 aliphatic carbocycles. The highest BCUT2D eigenvalue weighted by Gasteiger charge is 2.27. The van der Waals surface area contributed by atoms with Crippen molar-refractivity contribution < 1.29 is 17.9 Å². The van der Waals surface area contributed by atoms with Crippen LogP contribution < -0.4 is 10.1 Å². The zero-order chi connectivity index (χ0) is 25.3. The van der Waals surface area contributed by atoms with E-state index in [0.29, 0.717) is 36.4 Å². The van der Waals surface area contributed by atoms with E-state index in [-0.39, 0.29) is 19.3 Å². The van der Waals surface area contributed by atoms with E-state index in [2.05, 4.69) is 25.4 Å². The van der Waals surface area contributed by atoms with E-state index in [1.165, 1.54) is 10.6 Å². The summed E-state index contributed by atoms with van der Waals surface area (Å²) in [5.74, 6) is 2.61. The molecule has 1 N–H and O–H groups in total. The van der Waals surface area contributed by atoms with Crippen LogP contribution in [0.1, 0.15) is 11.5 Å². The number of sulfonamides is 1. The van der Waals surface area contributed by atoms with Crippen LogP contribution in [0.2, 0.25) is 0 Å². The molecule has 1 saturated heterocycles. The van der Waals surface area contributed by atoms with E-state index < -0.39 is 10.0 Å². The number of ether oxygens (including phenoxy) is 2. The van der Waals surface area contributed by atoms with Crippen molar-refractivity contribution in [2.45, 2.75) is 20.0 Å². The fourth-order valence-corrected chi connectivity index (χ4v) is 4.89. The average Bonchev–Trinajstić information content (AvgIpc) is 3.24. The van der Waals surface area contributed by atoms with Crippen LogP contribution in [0.25, 0.3) is 16.6 Å². The van der Waals surface area contributed by atoms with Crippen LogP contribution in [0.3, 0.4) is 0 Å². The lowest BCUT2D eigenvalue weighted by atomic mass is 10.1. The first kappa shape index (κ1) is 24.1. The summed E-state index contributed by atoms with van der Waals surface area (Å²) < 4.78 is 38.8. The van der Waals surface area contributed by atoms with Gasteiger partial charge in [-0.05, 0) is 43.7 Å². The van der Waals surface area contributed by atoms with Crippen LogP contribution in [0.5, 0.6) is 5.75 Å². The summed E-state index contributed by atoms with van der Waals surface area (Å²) in [7, 11) is -3.27. The van der Waals surface area contributed by atoms with Crippen LogP contribution in [0.15, 0.2) is 48.9 Å². The fourth-order valence-electron chi connectivity index (χ4n) is 4.05. The molecule has 0 aromatic carbocycles. The monoisotopic (exact) mass is 509 g/mol. The van der Waals surface area contributed by atoms with Crippen LogP contribution >= 0.6 is 0 Å². The maximum absolute atomic E-state index is 11.9. The molecule has 188 valence electrons. The third-order valence-electron chi connectivity index (χ3n) is 5.81. The Hall–Kier alpha value is -3.61. The Morgan fingerprint density at radius 1 is 1.17 bits per heavy atom. The van der Waals surface area contributed by atoms with E-state index in [9.17, 15) is 8.42 Å². The molecule has 0 bridgehead atoms. The zero-order valence-electron chi connectivity index (χ0n) is 20.2. The predicted octanol–water partition coefficient (Wildman–Crippen LogP) is 2.59. The number of aryl methyl sites for hydroxylation is 2. The zero-order valence-corrected chi connectivity index (χ0v) is 21.1. The number of fused-ring (bicyclic) bond motifs is 1. The second kappa shape index (κ2) is 9.80. The lowest BCUT2D eigenvalue weighted by molar-refractivity contribution is -0.0247. The average molecular weight is 510 g/mol. The van der Waals surface area contributed by atoms with Crippen LogP contribution in [0.4, 0.5) is 11.6 Å². The van der Waals surface area contributed by atoms with Gasteiger partial charge in [0.1, 0.15) is 30.1 Å². The largest absolute Gasteiger partial charge is 0.489 e. The molecule has 4 aromatic heterocycles. The SMILES string of the molecule is Cc1cc(-c2ccn3nc(Nc4ccnc(C)n4)cc3c2)c(OCC2CN(S(C)(=O)=O)CCO2)cn1. The second-order valence-electron chi connectivity index (χ2n) is 8.68. The Bertz CT molecular complexity index is 1510. The van der Waals surface area contributed by atoms with E-state index >= 15 is 0 Å². The predicted molar refractivity (Wildman–Crippen MR) is 135 cm³/mol. The molecule has 5 heterocycles. The van der Waals surface area contributed by atoms with Crippen LogP contribution in [-0.4, -0.2) is 76.0 Å². The van der Waals surface area contributed by atoms with Gasteiger partial charge in [-0.15, -0.1) is 0 Å². The van der Waals surface area contributed by atoms with Gasteiger partial charge in [0.05, 0.1) is 24.6 Å². The van der Waals surface area contributed by atoms with Crippen molar-refractivity contribution in [3.63, 3.8) is 0 Å². The molecule has 1 aliphatic rings. The number of nitrogens with zero attached hydrogens (tertiary/aromatic N) is 6. The Labute approximate surface area is 209 Å². The highest BCUT2D eigenvalue weighted by atomic mass is 32.2. The van der Waals surface area contributed by atoms with Crippen molar-refractivity contribution in [2.24, 2.45) is 0 Å². The van der Waals surface area contributed by atoms with Gasteiger partial charge in [-0.2, -0.15) is 9.40 Å². The van der Waals surface area contributed by atoms with Gasteiger partial charge in [0, 0.05) is 42.8 Å². The summed E-state index contributed by atoms with van der Waals surface area (Å²) in [4.78, 5) is 12.9. The molecule has 1 aliphatic heterocycles. The summed E-state index contributed by atoms with van der Waals surface area (Å²) in [5.41, 5.74) is 3.56. The Morgan fingerprint density at radius 2 is 2.03 bits per heavy atom. The molecule has 4 aromatic rings. The highest BCUT2D eigenvalue weighted by Crippen LogP contribution is 2.31. The Morgan fingerprint density at radius 3 is 2.83 bits per heavy atom. The van der Waals surface area contributed by atoms with Crippen molar-refractivity contribution in [2.75, 3.05) is 37.9 Å². The minimum atomic E-state index is -3.27. The van der Waals surface area contributed by atoms with Crippen molar-refractivity contribution in [1.29, 1.82) is 0 Å². The number of hydrogen-bond acceptors (Lipinski definition) is 9. The first-order valence-electron chi connectivity index (χ1n) is 11.5. The van der Waals surface area contributed by atoms with E-state index in [1.54, 1.807) is 23.0 Å². The Kier molecular flexibility index (Phi) is 6.56. The molecule has 0 radical (unpaired) electrons. The van der Waals surface area contributed by atoms with Gasteiger partial charge in [-0.1, -0.05) is 0 Å². The third-order valence-corrected chi connectivity index (χ3v) is 7.08. The van der Waals surface area contributed by atoms with Gasteiger partial charge in [-0.3, -0.25) is 4.98 Å². The molecular formula is C24H27N7O4S. The van der Waals surface area contributed by atoms with Gasteiger partial charge in [0.25, 0.3) is 0 Å². The lowest BCUT2D eigenvalue weighted by Crippen LogP contribution is -2.47. The minimum Gasteiger partial charge on any atom is -0.489 e. The number of hydrogen-bond donors (Lipinski definition) is 1. The third kappa shape index (κ3) is 5.45. The highest BCUT2D eigenvalue weighted by molar-refractivity contribution is 7.88. The normalized spacial score (nSPS) is 16.8. The molecule has 1 fully saturated rings. The van der Waals surface area contributed by atoms with Crippen molar-refractivity contribution in [3.05, 3.63) is 60.4 Å². The molecular weight excluding hydrogens is 482 g/mol. The number of rotatable bonds is 7. The smallest absolute Gasteiger partial charge is 0.211 e. The summed E-state index contributed by atoms with van der Waals surface area (Å²) in [6.45, 7) is 4.92. The first-order chi connectivity index (χ1) is 17.2. The van der Waals surface area contributed by atoms with Crippen molar-refractivity contribution >= 4 is 27.2 Å². The molecule has 0 saturated carbocycles.